The Balaban J connectivity index is 1.64. The van der Waals surface area contributed by atoms with Gasteiger partial charge in [-0.3, -0.25) is 24.2 Å². The summed E-state index contributed by atoms with van der Waals surface area (Å²) in [6, 6.07) is -0.291. The molecule has 4 aliphatic carbocycles. The van der Waals surface area contributed by atoms with Crippen LogP contribution in [0.25, 0.3) is 0 Å². The number of alkyl halides is 3. The predicted octanol–water partition coefficient (Wildman–Crippen LogP) is 3.79. The average molecular weight is 650 g/mol. The van der Waals surface area contributed by atoms with Crippen LogP contribution in [0, 0.1) is 23.2 Å². The van der Waals surface area contributed by atoms with Crippen LogP contribution in [0.4, 0.5) is 13.2 Å². The minimum absolute atomic E-state index is 0.0561. The number of ketones is 2. The van der Waals surface area contributed by atoms with Crippen molar-refractivity contribution < 1.29 is 48.0 Å². The summed E-state index contributed by atoms with van der Waals surface area (Å²) in [6.07, 6.45) is -2.90. The molecular weight excluding hydrogens is 607 g/mol. The molecule has 0 heterocycles. The minimum Gasteiger partial charge on any atom is -0.510 e. The molecule has 1 aromatic rings. The Hall–Kier alpha value is -3.42. The number of rotatable bonds is 8. The second-order valence-electron chi connectivity index (χ2n) is 14.7. The number of aliphatic hydroxyl groups is 3. The predicted molar refractivity (Wildman–Crippen MR) is 161 cm³/mol. The number of allylic oxidation sites excluding steroid dienone is 1. The highest BCUT2D eigenvalue weighted by Gasteiger charge is 2.63. The maximum Gasteiger partial charge on any atom is 0.417 e. The Bertz CT molecular complexity index is 1550. The van der Waals surface area contributed by atoms with Crippen LogP contribution in [0.1, 0.15) is 73.5 Å². The van der Waals surface area contributed by atoms with Crippen LogP contribution < -0.4 is 5.73 Å². The zero-order valence-electron chi connectivity index (χ0n) is 26.7. The van der Waals surface area contributed by atoms with Gasteiger partial charge in [-0.1, -0.05) is 20.8 Å². The van der Waals surface area contributed by atoms with Gasteiger partial charge < -0.3 is 26.2 Å². The molecule has 0 aliphatic heterocycles. The molecule has 10 nitrogen and oxygen atoms in total. The molecule has 4 aliphatic rings. The van der Waals surface area contributed by atoms with E-state index in [0.717, 1.165) is 25.3 Å². The molecule has 1 amide bonds. The highest BCUT2D eigenvalue weighted by molar-refractivity contribution is 6.24. The lowest BCUT2D eigenvalue weighted by Crippen LogP contribution is -2.63. The van der Waals surface area contributed by atoms with E-state index in [1.807, 2.05) is 4.90 Å². The lowest BCUT2D eigenvalue weighted by Gasteiger charge is -2.50. The van der Waals surface area contributed by atoms with Crippen LogP contribution in [0.5, 0.6) is 5.75 Å². The van der Waals surface area contributed by atoms with Gasteiger partial charge in [-0.25, -0.2) is 0 Å². The summed E-state index contributed by atoms with van der Waals surface area (Å²) in [5, 5.41) is 45.2. The molecule has 13 heteroatoms. The number of hydrogen-bond acceptors (Lipinski definition) is 9. The number of aromatic hydroxyl groups is 1. The number of primary amides is 1. The first kappa shape index (κ1) is 33.9. The molecule has 0 radical (unpaired) electrons. The Morgan fingerprint density at radius 2 is 1.74 bits per heavy atom. The summed E-state index contributed by atoms with van der Waals surface area (Å²) in [5.41, 5.74) is -1.30. The van der Waals surface area contributed by atoms with Crippen LogP contribution >= 0.6 is 0 Å². The molecule has 0 bridgehead atoms. The first-order chi connectivity index (χ1) is 21.2. The van der Waals surface area contributed by atoms with Gasteiger partial charge in [0.25, 0.3) is 5.91 Å². The van der Waals surface area contributed by atoms with Crippen molar-refractivity contribution >= 4 is 17.5 Å². The number of nitrogens with two attached hydrogens (primary N) is 1. The van der Waals surface area contributed by atoms with Crippen molar-refractivity contribution in [1.82, 2.24) is 9.80 Å². The molecule has 6 N–H and O–H groups in total. The molecule has 1 fully saturated rings. The van der Waals surface area contributed by atoms with Gasteiger partial charge in [0.15, 0.2) is 11.4 Å². The van der Waals surface area contributed by atoms with Gasteiger partial charge in [-0.05, 0) is 87.2 Å². The van der Waals surface area contributed by atoms with Crippen molar-refractivity contribution in [2.24, 2.45) is 28.9 Å². The summed E-state index contributed by atoms with van der Waals surface area (Å²) in [7, 11) is 2.96. The normalized spacial score (nSPS) is 26.9. The van der Waals surface area contributed by atoms with Gasteiger partial charge in [0.05, 0.1) is 17.2 Å². The lowest BCUT2D eigenvalue weighted by atomic mass is 9.58. The second kappa shape index (κ2) is 11.4. The Morgan fingerprint density at radius 3 is 2.26 bits per heavy atom. The molecule has 0 aromatic heterocycles. The largest absolute Gasteiger partial charge is 0.510 e. The summed E-state index contributed by atoms with van der Waals surface area (Å²) in [4.78, 5) is 42.9. The molecule has 252 valence electrons. The van der Waals surface area contributed by atoms with E-state index in [2.05, 4.69) is 20.8 Å². The van der Waals surface area contributed by atoms with Crippen LogP contribution in [-0.4, -0.2) is 86.5 Å². The third kappa shape index (κ3) is 5.70. The number of hydrogen-bond donors (Lipinski definition) is 5. The molecule has 0 spiro atoms. The van der Waals surface area contributed by atoms with Gasteiger partial charge in [0.1, 0.15) is 22.8 Å². The van der Waals surface area contributed by atoms with E-state index >= 15 is 0 Å². The highest BCUT2D eigenvalue weighted by Crippen LogP contribution is 2.54. The molecule has 0 unspecified atom stereocenters. The van der Waals surface area contributed by atoms with E-state index in [0.29, 0.717) is 19.0 Å². The Kier molecular flexibility index (Phi) is 8.39. The van der Waals surface area contributed by atoms with Crippen LogP contribution in [0.3, 0.4) is 0 Å². The molecular formula is C33H42F3N3O7. The van der Waals surface area contributed by atoms with Crippen molar-refractivity contribution in [3.8, 4) is 5.75 Å². The zero-order valence-corrected chi connectivity index (χ0v) is 26.7. The number of Topliss-reactive ketones (excluding diaryl/α,β-unsaturated/α-hetero) is 2. The number of aliphatic hydroxyl groups excluding tert-OH is 2. The summed E-state index contributed by atoms with van der Waals surface area (Å²) >= 11 is 0. The second-order valence-corrected chi connectivity index (χ2v) is 14.7. The third-order valence-corrected chi connectivity index (χ3v) is 9.88. The number of benzene rings is 1. The quantitative estimate of drug-likeness (QED) is 0.264. The molecule has 5 rings (SSSR count). The number of phenols is 1. The fraction of sp³-hybridized carbons (Fsp3) is 0.606. The van der Waals surface area contributed by atoms with E-state index in [1.165, 1.54) is 19.0 Å². The van der Waals surface area contributed by atoms with Gasteiger partial charge in [-0.15, -0.1) is 0 Å². The van der Waals surface area contributed by atoms with Crippen molar-refractivity contribution in [1.29, 1.82) is 0 Å². The van der Waals surface area contributed by atoms with E-state index < -0.39 is 98.7 Å². The van der Waals surface area contributed by atoms with Gasteiger partial charge >= 0.3 is 6.18 Å². The SMILES string of the molecule is CN(C)[C@@H]1C(O)=C(C(N)=O)C(=O)[C@@]2(O)C(O)=C3C(=O)c4c(O)cc(CN(CCC(C)(C)C)CC5CC5)c(C(F)(F)F)c4C[C@H]3C[C@@H]12. The molecule has 0 saturated heterocycles. The van der Waals surface area contributed by atoms with E-state index in [9.17, 15) is 48.0 Å². The number of carbonyl (C=O) groups excluding carboxylic acids is 3. The maximum atomic E-state index is 15.0. The standard InChI is InChI=1S/C33H42F3N3O7/c1-31(2,3)8-9-39(13-15-6-7-15)14-17-12-20(40)22-18(24(17)33(34,35)36)10-16-11-19-25(38(4)5)27(42)23(30(37)45)29(44)32(19,46)28(43)21(16)26(22)41/h12,15-16,19,25,40,42-43,46H,6-11,13-14H2,1-5H3,(H2,37,45)/t16-,19-,25-,32-/m0/s1. The number of nitrogens with zero attached hydrogens (tertiary/aromatic N) is 2. The van der Waals surface area contributed by atoms with Crippen LogP contribution in [-0.2, 0) is 28.7 Å². The van der Waals surface area contributed by atoms with Gasteiger partial charge in [-0.2, -0.15) is 13.2 Å². The summed E-state index contributed by atoms with van der Waals surface area (Å²) in [5.74, 6) is -8.55. The van der Waals surface area contributed by atoms with E-state index in [4.69, 9.17) is 5.73 Å². The number of halogens is 3. The number of carbonyl (C=O) groups is 3. The van der Waals surface area contributed by atoms with Crippen molar-refractivity contribution in [3.05, 3.63) is 51.0 Å². The van der Waals surface area contributed by atoms with Gasteiger partial charge in [0, 0.05) is 24.6 Å². The smallest absolute Gasteiger partial charge is 0.417 e. The molecule has 4 atom stereocenters. The van der Waals surface area contributed by atoms with Crippen molar-refractivity contribution in [2.45, 2.75) is 77.2 Å². The molecule has 1 saturated carbocycles. The number of amides is 1. The zero-order chi connectivity index (χ0) is 34.3. The molecule has 46 heavy (non-hydrogen) atoms. The van der Waals surface area contributed by atoms with Gasteiger partial charge in [0.2, 0.25) is 5.78 Å². The number of fused-ring (bicyclic) bond motifs is 3. The Labute approximate surface area is 265 Å². The Morgan fingerprint density at radius 1 is 1.11 bits per heavy atom. The molecule has 1 aromatic carbocycles. The third-order valence-electron chi connectivity index (χ3n) is 9.88. The first-order valence-electron chi connectivity index (χ1n) is 15.5. The first-order valence-corrected chi connectivity index (χ1v) is 15.5. The lowest BCUT2D eigenvalue weighted by molar-refractivity contribution is -0.148. The van der Waals surface area contributed by atoms with Crippen molar-refractivity contribution in [2.75, 3.05) is 27.2 Å². The monoisotopic (exact) mass is 649 g/mol. The topological polar surface area (TPSA) is 165 Å². The maximum absolute atomic E-state index is 15.0. The number of likely N-dealkylation sites (N-methyl/N-ethyl adjacent to an activating group) is 1. The van der Waals surface area contributed by atoms with E-state index in [1.54, 1.807) is 0 Å². The van der Waals surface area contributed by atoms with E-state index in [-0.39, 0.29) is 23.9 Å². The minimum atomic E-state index is -4.90. The van der Waals surface area contributed by atoms with Crippen LogP contribution in [0.2, 0.25) is 0 Å². The highest BCUT2D eigenvalue weighted by atomic mass is 19.4. The van der Waals surface area contributed by atoms with Crippen LogP contribution in [0.15, 0.2) is 28.7 Å². The fourth-order valence-corrected chi connectivity index (χ4v) is 7.50. The summed E-state index contributed by atoms with van der Waals surface area (Å²) < 4.78 is 44.9. The average Bonchev–Trinajstić information content (AvgIpc) is 3.71. The summed E-state index contributed by atoms with van der Waals surface area (Å²) in [6.45, 7) is 7.22. The fourth-order valence-electron chi connectivity index (χ4n) is 7.50. The number of phenolic OH excluding ortho intramolecular Hbond substituents is 1. The van der Waals surface area contributed by atoms with Crippen molar-refractivity contribution in [3.63, 3.8) is 0 Å².